The molecule has 2 aliphatic rings. The summed E-state index contributed by atoms with van der Waals surface area (Å²) in [5, 5.41) is 3.07. The van der Waals surface area contributed by atoms with Crippen LogP contribution >= 0.6 is 0 Å². The minimum atomic E-state index is 0.183. The maximum absolute atomic E-state index is 11.9. The normalized spacial score (nSPS) is 26.6. The third kappa shape index (κ3) is 3.45. The van der Waals surface area contributed by atoms with Gasteiger partial charge in [-0.3, -0.25) is 9.69 Å². The number of rotatable bonds is 6. The first-order valence-electron chi connectivity index (χ1n) is 7.37. The van der Waals surface area contributed by atoms with Crippen molar-refractivity contribution in [3.8, 4) is 0 Å². The summed E-state index contributed by atoms with van der Waals surface area (Å²) in [7, 11) is 0. The quantitative estimate of drug-likeness (QED) is 0.745. The molecule has 18 heavy (non-hydrogen) atoms. The fraction of sp³-hybridized carbons (Fsp3) is 0.929. The summed E-state index contributed by atoms with van der Waals surface area (Å²) in [4.78, 5) is 14.4. The Morgan fingerprint density at radius 1 is 1.39 bits per heavy atom. The van der Waals surface area contributed by atoms with Gasteiger partial charge in [0.25, 0.3) is 0 Å². The van der Waals surface area contributed by atoms with Crippen LogP contribution in [-0.2, 0) is 4.79 Å². The molecule has 4 nitrogen and oxygen atoms in total. The van der Waals surface area contributed by atoms with Gasteiger partial charge in [-0.2, -0.15) is 0 Å². The van der Waals surface area contributed by atoms with Crippen LogP contribution in [0.15, 0.2) is 0 Å². The van der Waals surface area contributed by atoms with Crippen molar-refractivity contribution >= 4 is 5.91 Å². The van der Waals surface area contributed by atoms with Crippen molar-refractivity contribution in [1.82, 2.24) is 10.2 Å². The zero-order chi connectivity index (χ0) is 13.1. The Hall–Kier alpha value is -0.610. The van der Waals surface area contributed by atoms with Crippen LogP contribution in [0.1, 0.15) is 46.0 Å². The lowest BCUT2D eigenvalue weighted by atomic mass is 10.00. The van der Waals surface area contributed by atoms with Crippen LogP contribution < -0.4 is 11.1 Å². The Morgan fingerprint density at radius 3 is 2.67 bits per heavy atom. The highest BCUT2D eigenvalue weighted by molar-refractivity contribution is 5.77. The molecule has 1 saturated heterocycles. The summed E-state index contributed by atoms with van der Waals surface area (Å²) in [6, 6.07) is 1.28. The van der Waals surface area contributed by atoms with Gasteiger partial charge in [-0.05, 0) is 38.1 Å². The molecule has 0 spiro atoms. The van der Waals surface area contributed by atoms with E-state index in [4.69, 9.17) is 5.73 Å². The Morgan fingerprint density at radius 2 is 2.11 bits per heavy atom. The van der Waals surface area contributed by atoms with Crippen LogP contribution in [0.3, 0.4) is 0 Å². The molecule has 1 heterocycles. The van der Waals surface area contributed by atoms with Gasteiger partial charge in [0.15, 0.2) is 0 Å². The molecule has 0 aromatic heterocycles. The zero-order valence-corrected chi connectivity index (χ0v) is 11.7. The van der Waals surface area contributed by atoms with Gasteiger partial charge in [0.2, 0.25) is 5.91 Å². The van der Waals surface area contributed by atoms with Gasteiger partial charge in [0.05, 0.1) is 0 Å². The topological polar surface area (TPSA) is 58.4 Å². The lowest BCUT2D eigenvalue weighted by Crippen LogP contribution is -2.47. The van der Waals surface area contributed by atoms with Crippen molar-refractivity contribution in [3.05, 3.63) is 0 Å². The van der Waals surface area contributed by atoms with E-state index in [1.807, 2.05) is 0 Å². The predicted octanol–water partition coefficient (Wildman–Crippen LogP) is 1.10. The van der Waals surface area contributed by atoms with E-state index in [2.05, 4.69) is 24.1 Å². The number of nitrogens with one attached hydrogen (secondary N) is 1. The molecule has 1 saturated carbocycles. The second-order valence-corrected chi connectivity index (χ2v) is 6.13. The van der Waals surface area contributed by atoms with Crippen LogP contribution in [0.4, 0.5) is 0 Å². The van der Waals surface area contributed by atoms with E-state index in [1.165, 1.54) is 12.8 Å². The van der Waals surface area contributed by atoms with E-state index in [9.17, 15) is 4.79 Å². The third-order valence-corrected chi connectivity index (χ3v) is 4.22. The van der Waals surface area contributed by atoms with E-state index in [-0.39, 0.29) is 11.9 Å². The highest BCUT2D eigenvalue weighted by atomic mass is 16.1. The molecular weight excluding hydrogens is 226 g/mol. The number of amides is 1. The first-order chi connectivity index (χ1) is 8.61. The lowest BCUT2D eigenvalue weighted by Gasteiger charge is -2.34. The Balaban J connectivity index is 1.87. The number of carbonyl (C=O) groups excluding carboxylic acids is 1. The number of nitrogens with zero attached hydrogens (tertiary/aromatic N) is 1. The predicted molar refractivity (Wildman–Crippen MR) is 73.2 cm³/mol. The summed E-state index contributed by atoms with van der Waals surface area (Å²) in [6.45, 7) is 6.21. The second-order valence-electron chi connectivity index (χ2n) is 6.13. The van der Waals surface area contributed by atoms with Crippen LogP contribution in [0.25, 0.3) is 0 Å². The largest absolute Gasteiger partial charge is 0.353 e. The van der Waals surface area contributed by atoms with Crippen LogP contribution in [-0.4, -0.2) is 42.0 Å². The molecule has 4 heteroatoms. The molecule has 2 rings (SSSR count). The number of nitrogens with two attached hydrogens (primary N) is 1. The molecule has 1 amide bonds. The van der Waals surface area contributed by atoms with Gasteiger partial charge in [-0.1, -0.05) is 13.8 Å². The Bertz CT molecular complexity index is 289. The minimum absolute atomic E-state index is 0.183. The van der Waals surface area contributed by atoms with Crippen molar-refractivity contribution in [2.24, 2.45) is 11.7 Å². The average molecular weight is 253 g/mol. The van der Waals surface area contributed by atoms with Gasteiger partial charge < -0.3 is 11.1 Å². The fourth-order valence-electron chi connectivity index (χ4n) is 3.05. The van der Waals surface area contributed by atoms with E-state index >= 15 is 0 Å². The maximum atomic E-state index is 11.9. The first-order valence-corrected chi connectivity index (χ1v) is 7.37. The van der Waals surface area contributed by atoms with E-state index < -0.39 is 0 Å². The molecule has 0 radical (unpaired) electrons. The fourth-order valence-corrected chi connectivity index (χ4v) is 3.05. The molecule has 0 aromatic rings. The highest BCUT2D eigenvalue weighted by Gasteiger charge is 2.33. The SMILES string of the molecule is CC(C)C1CCCN1C(CN)CC(=O)NC1CC1. The van der Waals surface area contributed by atoms with E-state index in [0.29, 0.717) is 31.0 Å². The minimum Gasteiger partial charge on any atom is -0.353 e. The van der Waals surface area contributed by atoms with Crippen LogP contribution in [0, 0.1) is 5.92 Å². The number of likely N-dealkylation sites (tertiary alicyclic amines) is 1. The van der Waals surface area contributed by atoms with Crippen molar-refractivity contribution in [2.45, 2.75) is 64.1 Å². The number of hydrogen-bond donors (Lipinski definition) is 2. The van der Waals surface area contributed by atoms with Gasteiger partial charge in [0, 0.05) is 31.1 Å². The molecule has 0 aromatic carbocycles. The van der Waals surface area contributed by atoms with Gasteiger partial charge in [-0.25, -0.2) is 0 Å². The molecule has 2 unspecified atom stereocenters. The standard InChI is InChI=1S/C14H27N3O/c1-10(2)13-4-3-7-17(13)12(9-15)8-14(18)16-11-5-6-11/h10-13H,3-9,15H2,1-2H3,(H,16,18). The van der Waals surface area contributed by atoms with E-state index in [1.54, 1.807) is 0 Å². The monoisotopic (exact) mass is 253 g/mol. The molecule has 1 aliphatic carbocycles. The molecule has 2 fully saturated rings. The highest BCUT2D eigenvalue weighted by Crippen LogP contribution is 2.27. The van der Waals surface area contributed by atoms with Gasteiger partial charge in [-0.15, -0.1) is 0 Å². The maximum Gasteiger partial charge on any atom is 0.221 e. The number of carbonyl (C=O) groups is 1. The van der Waals surface area contributed by atoms with Crippen LogP contribution in [0.2, 0.25) is 0 Å². The summed E-state index contributed by atoms with van der Waals surface area (Å²) in [5.74, 6) is 0.829. The zero-order valence-electron chi connectivity index (χ0n) is 11.7. The summed E-state index contributed by atoms with van der Waals surface area (Å²) >= 11 is 0. The lowest BCUT2D eigenvalue weighted by molar-refractivity contribution is -0.122. The smallest absolute Gasteiger partial charge is 0.221 e. The first kappa shape index (κ1) is 13.8. The summed E-state index contributed by atoms with van der Waals surface area (Å²) in [6.07, 6.45) is 5.35. The van der Waals surface area contributed by atoms with Crippen molar-refractivity contribution in [2.75, 3.05) is 13.1 Å². The Kier molecular flexibility index (Phi) is 4.62. The molecule has 104 valence electrons. The number of hydrogen-bond acceptors (Lipinski definition) is 3. The van der Waals surface area contributed by atoms with Gasteiger partial charge in [0.1, 0.15) is 0 Å². The van der Waals surface area contributed by atoms with Gasteiger partial charge >= 0.3 is 0 Å². The Labute approximate surface area is 110 Å². The molecule has 0 bridgehead atoms. The average Bonchev–Trinajstić information content (AvgIpc) is 2.98. The van der Waals surface area contributed by atoms with Crippen LogP contribution in [0.5, 0.6) is 0 Å². The summed E-state index contributed by atoms with van der Waals surface area (Å²) < 4.78 is 0. The third-order valence-electron chi connectivity index (χ3n) is 4.22. The molecule has 3 N–H and O–H groups in total. The van der Waals surface area contributed by atoms with Crippen molar-refractivity contribution in [3.63, 3.8) is 0 Å². The molecule has 1 aliphatic heterocycles. The van der Waals surface area contributed by atoms with Crippen molar-refractivity contribution in [1.29, 1.82) is 0 Å². The molecular formula is C14H27N3O. The molecule has 2 atom stereocenters. The van der Waals surface area contributed by atoms with Crippen molar-refractivity contribution < 1.29 is 4.79 Å². The van der Waals surface area contributed by atoms with E-state index in [0.717, 1.165) is 19.4 Å². The second kappa shape index (κ2) is 6.02. The summed E-state index contributed by atoms with van der Waals surface area (Å²) in [5.41, 5.74) is 5.89.